The molecule has 1 aromatic carbocycles. The molecule has 1 aliphatic heterocycles. The van der Waals surface area contributed by atoms with Gasteiger partial charge in [-0.2, -0.15) is 5.26 Å². The van der Waals surface area contributed by atoms with Gasteiger partial charge < -0.3 is 9.30 Å². The van der Waals surface area contributed by atoms with E-state index in [1.807, 2.05) is 25.4 Å². The molecule has 1 spiro atoms. The predicted molar refractivity (Wildman–Crippen MR) is 128 cm³/mol. The lowest BCUT2D eigenvalue weighted by Gasteiger charge is -2.43. The molecule has 2 aromatic heterocycles. The number of aryl methyl sites for hydroxylation is 1. The number of rotatable bonds is 3. The second-order valence-electron chi connectivity index (χ2n) is 9.46. The number of imidazole rings is 1. The van der Waals surface area contributed by atoms with E-state index in [2.05, 4.69) is 27.5 Å². The highest BCUT2D eigenvalue weighted by atomic mass is 35.5. The Morgan fingerprint density at radius 1 is 1.27 bits per heavy atom. The number of anilines is 1. The Labute approximate surface area is 198 Å². The molecule has 0 bridgehead atoms. The summed E-state index contributed by atoms with van der Waals surface area (Å²) in [7, 11) is 0. The van der Waals surface area contributed by atoms with Crippen molar-refractivity contribution < 1.29 is 9.53 Å². The van der Waals surface area contributed by atoms with E-state index in [0.29, 0.717) is 17.3 Å². The average molecular weight is 466 g/mol. The molecular formula is C25H28ClN5O2. The average Bonchev–Trinajstić information content (AvgIpc) is 3.27. The van der Waals surface area contributed by atoms with E-state index in [4.69, 9.17) is 16.3 Å². The number of amides is 1. The molecule has 1 saturated carbocycles. The van der Waals surface area contributed by atoms with Crippen molar-refractivity contribution in [2.45, 2.75) is 59.1 Å². The van der Waals surface area contributed by atoms with Crippen molar-refractivity contribution in [2.75, 3.05) is 11.4 Å². The number of fused-ring (bicyclic) bond motifs is 1. The Morgan fingerprint density at radius 3 is 2.85 bits per heavy atom. The van der Waals surface area contributed by atoms with Gasteiger partial charge in [0.15, 0.2) is 0 Å². The molecule has 0 N–H and O–H groups in total. The van der Waals surface area contributed by atoms with E-state index in [0.717, 1.165) is 54.5 Å². The molecule has 0 radical (unpaired) electrons. The number of carbonyl (C=O) groups excluding carboxylic acids is 1. The zero-order valence-electron chi connectivity index (χ0n) is 18.1. The molecule has 172 valence electrons. The Hall–Kier alpha value is -3.11. The number of nitriles is 1. The van der Waals surface area contributed by atoms with Gasteiger partial charge in [0.1, 0.15) is 10.8 Å². The summed E-state index contributed by atoms with van der Waals surface area (Å²) in [5.74, 6) is 0. The van der Waals surface area contributed by atoms with Gasteiger partial charge >= 0.3 is 6.09 Å². The highest BCUT2D eigenvalue weighted by Gasteiger charge is 2.52. The smallest absolute Gasteiger partial charge is 0.415 e. The van der Waals surface area contributed by atoms with Gasteiger partial charge in [-0.1, -0.05) is 26.0 Å². The molecule has 3 heterocycles. The molecule has 7 nitrogen and oxygen atoms in total. The van der Waals surface area contributed by atoms with Crippen LogP contribution in [0.1, 0.15) is 51.2 Å². The summed E-state index contributed by atoms with van der Waals surface area (Å²) in [5, 5.41) is 9.68. The van der Waals surface area contributed by atoms with E-state index in [-0.39, 0.29) is 18.9 Å². The van der Waals surface area contributed by atoms with Crippen LogP contribution < -0.4 is 4.90 Å². The first kappa shape index (κ1) is 23.1. The fourth-order valence-electron chi connectivity index (χ4n) is 5.42. The second-order valence-corrected chi connectivity index (χ2v) is 9.85. The van der Waals surface area contributed by atoms with Crippen LogP contribution in [0.15, 0.2) is 36.8 Å². The van der Waals surface area contributed by atoms with Crippen LogP contribution in [0.2, 0.25) is 5.15 Å². The molecule has 2 atom stereocenters. The topological polar surface area (TPSA) is 84.0 Å². The molecular weight excluding hydrogens is 438 g/mol. The van der Waals surface area contributed by atoms with Crippen LogP contribution in [0.4, 0.5) is 10.5 Å². The number of carbonyl (C=O) groups is 1. The fourth-order valence-corrected chi connectivity index (χ4v) is 5.63. The van der Waals surface area contributed by atoms with Crippen molar-refractivity contribution in [1.29, 1.82) is 5.26 Å². The quantitative estimate of drug-likeness (QED) is 0.451. The van der Waals surface area contributed by atoms with Crippen LogP contribution in [0.5, 0.6) is 0 Å². The van der Waals surface area contributed by atoms with Gasteiger partial charge in [0.2, 0.25) is 0 Å². The van der Waals surface area contributed by atoms with E-state index < -0.39 is 5.60 Å². The normalized spacial score (nSPS) is 24.5. The van der Waals surface area contributed by atoms with Gasteiger partial charge in [-0.05, 0) is 67.9 Å². The van der Waals surface area contributed by atoms with Crippen LogP contribution in [-0.2, 0) is 11.3 Å². The Bertz CT molecular complexity index is 1270. The fraction of sp³-hybridized carbons (Fsp3) is 0.440. The maximum absolute atomic E-state index is 12.9. The summed E-state index contributed by atoms with van der Waals surface area (Å²) >= 11 is 6.00. The largest absolute Gasteiger partial charge is 0.441 e. The third-order valence-corrected chi connectivity index (χ3v) is 6.98. The summed E-state index contributed by atoms with van der Waals surface area (Å²) in [5.41, 5.74) is 3.50. The number of halogens is 1. The number of hydrogen-bond donors (Lipinski definition) is 0. The standard InChI is InChI=1S/C24H24ClN5O2.CH4/c1-16-8-21(25)27-11-20(16)30-14-24(32-22(30)31)7-3-6-23(2,12-24)13-29-15-28-18-5-4-17(10-26)9-19(18)29;/h4-5,8-9,11,15H,3,6-7,12-14H2,1-2H3;1H4/t23-,24-;/m0./s1. The summed E-state index contributed by atoms with van der Waals surface area (Å²) < 4.78 is 8.16. The summed E-state index contributed by atoms with van der Waals surface area (Å²) in [4.78, 5) is 23.2. The molecule has 1 saturated heterocycles. The molecule has 2 fully saturated rings. The number of nitrogens with zero attached hydrogens (tertiary/aromatic N) is 5. The minimum atomic E-state index is -0.523. The van der Waals surface area contributed by atoms with Gasteiger partial charge in [0, 0.05) is 6.54 Å². The monoisotopic (exact) mass is 465 g/mol. The van der Waals surface area contributed by atoms with Gasteiger partial charge in [-0.15, -0.1) is 0 Å². The van der Waals surface area contributed by atoms with Gasteiger partial charge in [-0.25, -0.2) is 14.8 Å². The first-order chi connectivity index (χ1) is 15.3. The Balaban J connectivity index is 0.00000259. The molecule has 8 heteroatoms. The van der Waals surface area contributed by atoms with Crippen LogP contribution in [0.3, 0.4) is 0 Å². The van der Waals surface area contributed by atoms with Crippen LogP contribution in [0.25, 0.3) is 11.0 Å². The molecule has 0 unspecified atom stereocenters. The molecule has 1 aliphatic carbocycles. The number of pyridine rings is 1. The maximum atomic E-state index is 12.9. The zero-order chi connectivity index (χ0) is 22.5. The number of aromatic nitrogens is 3. The summed E-state index contributed by atoms with van der Waals surface area (Å²) in [6.45, 7) is 5.43. The third kappa shape index (κ3) is 4.16. The van der Waals surface area contributed by atoms with Gasteiger partial charge in [-0.3, -0.25) is 4.90 Å². The first-order valence-electron chi connectivity index (χ1n) is 10.8. The highest BCUT2D eigenvalue weighted by molar-refractivity contribution is 6.29. The minimum absolute atomic E-state index is 0. The van der Waals surface area contributed by atoms with Crippen LogP contribution >= 0.6 is 11.6 Å². The van der Waals surface area contributed by atoms with E-state index in [1.54, 1.807) is 23.2 Å². The summed E-state index contributed by atoms with van der Waals surface area (Å²) in [6, 6.07) is 9.53. The number of benzene rings is 1. The maximum Gasteiger partial charge on any atom is 0.415 e. The van der Waals surface area contributed by atoms with Gasteiger partial charge in [0.25, 0.3) is 0 Å². The van der Waals surface area contributed by atoms with Gasteiger partial charge in [0.05, 0.1) is 47.4 Å². The third-order valence-electron chi connectivity index (χ3n) is 6.77. The Kier molecular flexibility index (Phi) is 5.83. The zero-order valence-corrected chi connectivity index (χ0v) is 18.9. The van der Waals surface area contributed by atoms with Crippen molar-refractivity contribution in [3.8, 4) is 6.07 Å². The van der Waals surface area contributed by atoms with Crippen molar-refractivity contribution in [3.05, 3.63) is 53.1 Å². The van der Waals surface area contributed by atoms with E-state index in [1.165, 1.54) is 0 Å². The van der Waals surface area contributed by atoms with Crippen molar-refractivity contribution in [3.63, 3.8) is 0 Å². The van der Waals surface area contributed by atoms with E-state index in [9.17, 15) is 10.1 Å². The SMILES string of the molecule is C.Cc1cc(Cl)ncc1N1C[C@@]2(CCC[C@](C)(Cn3cnc4ccc(C#N)cc43)C2)OC1=O. The highest BCUT2D eigenvalue weighted by Crippen LogP contribution is 2.48. The molecule has 1 amide bonds. The first-order valence-corrected chi connectivity index (χ1v) is 11.2. The van der Waals surface area contributed by atoms with E-state index >= 15 is 0 Å². The number of ether oxygens (including phenoxy) is 1. The second kappa shape index (κ2) is 8.35. The number of hydrogen-bond acceptors (Lipinski definition) is 5. The lowest BCUT2D eigenvalue weighted by molar-refractivity contribution is -0.0264. The lowest BCUT2D eigenvalue weighted by atomic mass is 9.68. The van der Waals surface area contributed by atoms with Crippen molar-refractivity contribution in [1.82, 2.24) is 14.5 Å². The molecule has 5 rings (SSSR count). The summed E-state index contributed by atoms with van der Waals surface area (Å²) in [6.07, 6.45) is 6.77. The van der Waals surface area contributed by atoms with Crippen molar-refractivity contribution >= 4 is 34.4 Å². The molecule has 33 heavy (non-hydrogen) atoms. The van der Waals surface area contributed by atoms with Crippen LogP contribution in [0, 0.1) is 23.7 Å². The molecule has 3 aromatic rings. The lowest BCUT2D eigenvalue weighted by Crippen LogP contribution is -2.45. The van der Waals surface area contributed by atoms with Crippen molar-refractivity contribution in [2.24, 2.45) is 5.41 Å². The van der Waals surface area contributed by atoms with Crippen LogP contribution in [-0.4, -0.2) is 32.8 Å². The predicted octanol–water partition coefficient (Wildman–Crippen LogP) is 5.88. The molecule has 2 aliphatic rings. The minimum Gasteiger partial charge on any atom is -0.441 e. The Morgan fingerprint density at radius 2 is 2.09 bits per heavy atom.